The number of benzene rings is 2. The second-order valence-corrected chi connectivity index (χ2v) is 6.43. The van der Waals surface area contributed by atoms with Crippen LogP contribution in [0.2, 0.25) is 0 Å². The SMILES string of the molecule is CNC(=S)C(C)Sc1cccc2c1oc1ccccc12. The van der Waals surface area contributed by atoms with Crippen molar-refractivity contribution >= 4 is 50.9 Å². The molecule has 1 atom stereocenters. The molecule has 3 aromatic rings. The highest BCUT2D eigenvalue weighted by Gasteiger charge is 2.14. The van der Waals surface area contributed by atoms with Crippen molar-refractivity contribution in [2.24, 2.45) is 0 Å². The van der Waals surface area contributed by atoms with Crippen LogP contribution >= 0.6 is 24.0 Å². The fraction of sp³-hybridized carbons (Fsp3) is 0.188. The van der Waals surface area contributed by atoms with Gasteiger partial charge >= 0.3 is 0 Å². The lowest BCUT2D eigenvalue weighted by atomic mass is 10.1. The molecule has 2 nitrogen and oxygen atoms in total. The summed E-state index contributed by atoms with van der Waals surface area (Å²) in [7, 11) is 1.86. The highest BCUT2D eigenvalue weighted by molar-refractivity contribution is 8.02. The molecule has 0 spiro atoms. The highest BCUT2D eigenvalue weighted by atomic mass is 32.2. The second-order valence-electron chi connectivity index (χ2n) is 4.61. The van der Waals surface area contributed by atoms with E-state index in [-0.39, 0.29) is 5.25 Å². The number of hydrogen-bond donors (Lipinski definition) is 1. The predicted octanol–water partition coefficient (Wildman–Crippen LogP) is 4.61. The van der Waals surface area contributed by atoms with Crippen molar-refractivity contribution in [3.63, 3.8) is 0 Å². The Morgan fingerprint density at radius 1 is 1.15 bits per heavy atom. The predicted molar refractivity (Wildman–Crippen MR) is 90.7 cm³/mol. The van der Waals surface area contributed by atoms with Crippen molar-refractivity contribution in [2.45, 2.75) is 17.1 Å². The van der Waals surface area contributed by atoms with Crippen LogP contribution in [0.1, 0.15) is 6.92 Å². The van der Waals surface area contributed by atoms with E-state index in [0.717, 1.165) is 31.8 Å². The van der Waals surface area contributed by atoms with Gasteiger partial charge < -0.3 is 9.73 Å². The van der Waals surface area contributed by atoms with E-state index >= 15 is 0 Å². The second kappa shape index (κ2) is 5.46. The van der Waals surface area contributed by atoms with Crippen LogP contribution in [0, 0.1) is 0 Å². The monoisotopic (exact) mass is 301 g/mol. The van der Waals surface area contributed by atoms with Gasteiger partial charge in [0, 0.05) is 17.8 Å². The molecular weight excluding hydrogens is 286 g/mol. The highest BCUT2D eigenvalue weighted by Crippen LogP contribution is 2.36. The molecule has 0 radical (unpaired) electrons. The Hall–Kier alpha value is -1.52. The average Bonchev–Trinajstić information content (AvgIpc) is 2.86. The molecule has 4 heteroatoms. The Morgan fingerprint density at radius 3 is 2.70 bits per heavy atom. The van der Waals surface area contributed by atoms with Crippen LogP contribution in [0.4, 0.5) is 0 Å². The van der Waals surface area contributed by atoms with Crippen molar-refractivity contribution in [3.05, 3.63) is 42.5 Å². The van der Waals surface area contributed by atoms with Crippen LogP contribution < -0.4 is 5.32 Å². The quantitative estimate of drug-likeness (QED) is 0.564. The standard InChI is InChI=1S/C16H15NOS2/c1-10(16(19)17-2)20-14-9-5-7-12-11-6-3-4-8-13(11)18-15(12)14/h3-10H,1-2H3,(H,17,19). The topological polar surface area (TPSA) is 25.2 Å². The van der Waals surface area contributed by atoms with E-state index < -0.39 is 0 Å². The number of hydrogen-bond acceptors (Lipinski definition) is 3. The van der Waals surface area contributed by atoms with Crippen molar-refractivity contribution in [2.75, 3.05) is 7.05 Å². The lowest BCUT2D eigenvalue weighted by molar-refractivity contribution is 0.660. The van der Waals surface area contributed by atoms with Crippen molar-refractivity contribution < 1.29 is 4.42 Å². The maximum Gasteiger partial charge on any atom is 0.148 e. The number of furan rings is 1. The number of thioether (sulfide) groups is 1. The fourth-order valence-electron chi connectivity index (χ4n) is 2.26. The molecule has 102 valence electrons. The van der Waals surface area contributed by atoms with Crippen LogP contribution in [0.3, 0.4) is 0 Å². The number of nitrogens with one attached hydrogen (secondary N) is 1. The third kappa shape index (κ3) is 2.30. The van der Waals surface area contributed by atoms with E-state index in [1.807, 2.05) is 25.2 Å². The van der Waals surface area contributed by atoms with Gasteiger partial charge in [0.25, 0.3) is 0 Å². The van der Waals surface area contributed by atoms with Gasteiger partial charge in [-0.2, -0.15) is 0 Å². The number of rotatable bonds is 3. The molecule has 1 unspecified atom stereocenters. The Kier molecular flexibility index (Phi) is 3.68. The van der Waals surface area contributed by atoms with Crippen molar-refractivity contribution in [3.8, 4) is 0 Å². The van der Waals surface area contributed by atoms with Gasteiger partial charge in [0.1, 0.15) is 11.2 Å². The smallest absolute Gasteiger partial charge is 0.148 e. The molecule has 0 saturated heterocycles. The minimum Gasteiger partial charge on any atom is -0.455 e. The molecule has 3 rings (SSSR count). The first kappa shape index (κ1) is 13.5. The van der Waals surface area contributed by atoms with Gasteiger partial charge in [-0.25, -0.2) is 0 Å². The van der Waals surface area contributed by atoms with Crippen LogP contribution in [0.15, 0.2) is 51.8 Å². The van der Waals surface area contributed by atoms with Gasteiger partial charge in [-0.05, 0) is 19.1 Å². The lowest BCUT2D eigenvalue weighted by Gasteiger charge is -2.12. The van der Waals surface area contributed by atoms with Gasteiger partial charge in [0.15, 0.2) is 0 Å². The fourth-order valence-corrected chi connectivity index (χ4v) is 3.43. The Morgan fingerprint density at radius 2 is 1.90 bits per heavy atom. The zero-order chi connectivity index (χ0) is 14.1. The van der Waals surface area contributed by atoms with E-state index in [1.54, 1.807) is 11.8 Å². The summed E-state index contributed by atoms with van der Waals surface area (Å²) in [6.45, 7) is 2.10. The van der Waals surface area contributed by atoms with E-state index in [4.69, 9.17) is 16.6 Å². The first-order valence-electron chi connectivity index (χ1n) is 6.49. The van der Waals surface area contributed by atoms with Crippen LogP contribution in [0.25, 0.3) is 21.9 Å². The summed E-state index contributed by atoms with van der Waals surface area (Å²) in [5.74, 6) is 0. The Bertz CT molecular complexity index is 778. The minimum absolute atomic E-state index is 0.216. The van der Waals surface area contributed by atoms with Crippen LogP contribution in [-0.2, 0) is 0 Å². The first-order chi connectivity index (χ1) is 9.70. The molecule has 0 amide bonds. The molecule has 0 aliphatic rings. The van der Waals surface area contributed by atoms with Crippen molar-refractivity contribution in [1.29, 1.82) is 0 Å². The third-order valence-corrected chi connectivity index (χ3v) is 5.16. The molecule has 0 aliphatic heterocycles. The van der Waals surface area contributed by atoms with E-state index in [9.17, 15) is 0 Å². The maximum absolute atomic E-state index is 6.01. The van der Waals surface area contributed by atoms with Crippen LogP contribution in [0.5, 0.6) is 0 Å². The summed E-state index contributed by atoms with van der Waals surface area (Å²) in [5, 5.41) is 5.58. The Balaban J connectivity index is 2.10. The summed E-state index contributed by atoms with van der Waals surface area (Å²) in [6.07, 6.45) is 0. The van der Waals surface area contributed by atoms with E-state index in [0.29, 0.717) is 0 Å². The maximum atomic E-state index is 6.01. The zero-order valence-electron chi connectivity index (χ0n) is 11.3. The zero-order valence-corrected chi connectivity index (χ0v) is 13.0. The molecule has 20 heavy (non-hydrogen) atoms. The lowest BCUT2D eigenvalue weighted by Crippen LogP contribution is -2.24. The van der Waals surface area contributed by atoms with Gasteiger partial charge in [-0.1, -0.05) is 42.5 Å². The number of thiocarbonyl (C=S) groups is 1. The molecule has 0 bridgehead atoms. The van der Waals surface area contributed by atoms with E-state index in [1.165, 1.54) is 0 Å². The summed E-state index contributed by atoms with van der Waals surface area (Å²) in [4.78, 5) is 1.98. The summed E-state index contributed by atoms with van der Waals surface area (Å²) >= 11 is 7.03. The molecule has 0 aliphatic carbocycles. The first-order valence-corrected chi connectivity index (χ1v) is 7.78. The van der Waals surface area contributed by atoms with Gasteiger partial charge in [-0.3, -0.25) is 0 Å². The number of para-hydroxylation sites is 2. The number of fused-ring (bicyclic) bond motifs is 3. The largest absolute Gasteiger partial charge is 0.455 e. The summed E-state index contributed by atoms with van der Waals surface area (Å²) < 4.78 is 6.01. The average molecular weight is 301 g/mol. The van der Waals surface area contributed by atoms with Gasteiger partial charge in [0.2, 0.25) is 0 Å². The molecule has 1 aromatic heterocycles. The van der Waals surface area contributed by atoms with Gasteiger partial charge in [-0.15, -0.1) is 11.8 Å². The Labute approximate surface area is 127 Å². The summed E-state index contributed by atoms with van der Waals surface area (Å²) in [6, 6.07) is 14.4. The molecular formula is C16H15NOS2. The van der Waals surface area contributed by atoms with Gasteiger partial charge in [0.05, 0.1) is 15.1 Å². The molecule has 0 saturated carbocycles. The molecule has 1 N–H and O–H groups in total. The van der Waals surface area contributed by atoms with E-state index in [2.05, 4.69) is 36.5 Å². The minimum atomic E-state index is 0.216. The van der Waals surface area contributed by atoms with Crippen LogP contribution in [-0.4, -0.2) is 17.3 Å². The normalized spacial score (nSPS) is 12.7. The third-order valence-electron chi connectivity index (χ3n) is 3.29. The molecule has 1 heterocycles. The summed E-state index contributed by atoms with van der Waals surface area (Å²) in [5.41, 5.74) is 1.88. The molecule has 0 fully saturated rings. The van der Waals surface area contributed by atoms with Crippen molar-refractivity contribution in [1.82, 2.24) is 5.32 Å². The molecule has 2 aromatic carbocycles.